The lowest BCUT2D eigenvalue weighted by atomic mass is 10.1. The minimum absolute atomic E-state index is 0.144. The van der Waals surface area contributed by atoms with Crippen LogP contribution in [0.2, 0.25) is 5.02 Å². The Hall–Kier alpha value is -1.52. The molecule has 1 aromatic rings. The van der Waals surface area contributed by atoms with Crippen molar-refractivity contribution in [3.63, 3.8) is 0 Å². The zero-order valence-electron chi connectivity index (χ0n) is 11.5. The lowest BCUT2D eigenvalue weighted by Gasteiger charge is -2.37. The molecule has 108 valence electrons. The highest BCUT2D eigenvalue weighted by molar-refractivity contribution is 6.30. The Morgan fingerprint density at radius 2 is 2.05 bits per heavy atom. The lowest BCUT2D eigenvalue weighted by Crippen LogP contribution is -2.45. The van der Waals surface area contributed by atoms with Crippen LogP contribution in [0.4, 0.5) is 5.69 Å². The van der Waals surface area contributed by atoms with Gasteiger partial charge in [-0.15, -0.1) is 0 Å². The van der Waals surface area contributed by atoms with Gasteiger partial charge in [-0.1, -0.05) is 11.6 Å². The number of nitrogens with zero attached hydrogens (tertiary/aromatic N) is 1. The SMILES string of the molecule is C[C@@H]1CN(c2ccc(Cl)cc2/C=C/C(=O)O)C[C@H](C)O1. The van der Waals surface area contributed by atoms with Crippen LogP contribution < -0.4 is 4.90 Å². The van der Waals surface area contributed by atoms with E-state index in [2.05, 4.69) is 4.90 Å². The number of anilines is 1. The molecular formula is C15H18ClNO3. The highest BCUT2D eigenvalue weighted by atomic mass is 35.5. The summed E-state index contributed by atoms with van der Waals surface area (Å²) in [5, 5.41) is 9.37. The molecule has 1 aliphatic rings. The Bertz CT molecular complexity index is 520. The summed E-state index contributed by atoms with van der Waals surface area (Å²) in [6, 6.07) is 5.52. The smallest absolute Gasteiger partial charge is 0.328 e. The fraction of sp³-hybridized carbons (Fsp3) is 0.400. The third-order valence-corrected chi connectivity index (χ3v) is 3.39. The number of ether oxygens (including phenoxy) is 1. The number of rotatable bonds is 3. The number of hydrogen-bond acceptors (Lipinski definition) is 3. The third-order valence-electron chi connectivity index (χ3n) is 3.16. The van der Waals surface area contributed by atoms with Crippen molar-refractivity contribution >= 4 is 29.3 Å². The first-order valence-electron chi connectivity index (χ1n) is 6.56. The molecule has 5 heteroatoms. The monoisotopic (exact) mass is 295 g/mol. The molecule has 20 heavy (non-hydrogen) atoms. The lowest BCUT2D eigenvalue weighted by molar-refractivity contribution is -0.131. The van der Waals surface area contributed by atoms with Crippen LogP contribution in [0.3, 0.4) is 0 Å². The van der Waals surface area contributed by atoms with Gasteiger partial charge in [-0.3, -0.25) is 0 Å². The summed E-state index contributed by atoms with van der Waals surface area (Å²) in [5.74, 6) is -0.973. The van der Waals surface area contributed by atoms with Gasteiger partial charge in [0.1, 0.15) is 0 Å². The van der Waals surface area contributed by atoms with Gasteiger partial charge in [0.2, 0.25) is 0 Å². The molecule has 1 aromatic carbocycles. The summed E-state index contributed by atoms with van der Waals surface area (Å²) in [6.07, 6.45) is 2.99. The first-order valence-corrected chi connectivity index (χ1v) is 6.94. The number of aliphatic carboxylic acids is 1. The van der Waals surface area contributed by atoms with Crippen LogP contribution in [-0.2, 0) is 9.53 Å². The maximum Gasteiger partial charge on any atom is 0.328 e. The molecule has 1 heterocycles. The van der Waals surface area contributed by atoms with E-state index in [9.17, 15) is 4.79 Å². The highest BCUT2D eigenvalue weighted by Gasteiger charge is 2.23. The summed E-state index contributed by atoms with van der Waals surface area (Å²) in [6.45, 7) is 5.62. The highest BCUT2D eigenvalue weighted by Crippen LogP contribution is 2.28. The molecule has 0 unspecified atom stereocenters. The van der Waals surface area contributed by atoms with Crippen LogP contribution in [0.5, 0.6) is 0 Å². The van der Waals surface area contributed by atoms with E-state index in [1.807, 2.05) is 26.0 Å². The van der Waals surface area contributed by atoms with E-state index in [-0.39, 0.29) is 12.2 Å². The number of benzene rings is 1. The van der Waals surface area contributed by atoms with Crippen molar-refractivity contribution < 1.29 is 14.6 Å². The molecule has 1 N–H and O–H groups in total. The molecule has 2 rings (SSSR count). The number of hydrogen-bond donors (Lipinski definition) is 1. The zero-order valence-corrected chi connectivity index (χ0v) is 12.3. The number of carbonyl (C=O) groups is 1. The van der Waals surface area contributed by atoms with Crippen LogP contribution in [0.25, 0.3) is 6.08 Å². The molecule has 0 aliphatic carbocycles. The maximum atomic E-state index is 10.7. The zero-order chi connectivity index (χ0) is 14.7. The van der Waals surface area contributed by atoms with Crippen LogP contribution in [0.15, 0.2) is 24.3 Å². The van der Waals surface area contributed by atoms with Crippen LogP contribution in [0, 0.1) is 0 Å². The first kappa shape index (κ1) is 14.9. The minimum atomic E-state index is -0.973. The fourth-order valence-corrected chi connectivity index (χ4v) is 2.66. The van der Waals surface area contributed by atoms with Crippen molar-refractivity contribution in [2.24, 2.45) is 0 Å². The molecule has 1 fully saturated rings. The fourth-order valence-electron chi connectivity index (χ4n) is 2.48. The summed E-state index contributed by atoms with van der Waals surface area (Å²) in [4.78, 5) is 12.9. The largest absolute Gasteiger partial charge is 0.478 e. The van der Waals surface area contributed by atoms with E-state index in [1.165, 1.54) is 0 Å². The van der Waals surface area contributed by atoms with Crippen LogP contribution >= 0.6 is 11.6 Å². The maximum absolute atomic E-state index is 10.7. The number of morpholine rings is 1. The van der Waals surface area contributed by atoms with Gasteiger partial charge in [0.05, 0.1) is 12.2 Å². The van der Waals surface area contributed by atoms with Crippen molar-refractivity contribution in [3.05, 3.63) is 34.9 Å². The third kappa shape index (κ3) is 3.74. The van der Waals surface area contributed by atoms with Crippen molar-refractivity contribution in [1.82, 2.24) is 0 Å². The Morgan fingerprint density at radius 3 is 2.65 bits per heavy atom. The van der Waals surface area contributed by atoms with Crippen LogP contribution in [-0.4, -0.2) is 36.4 Å². The van der Waals surface area contributed by atoms with Gasteiger partial charge in [0, 0.05) is 29.9 Å². The van der Waals surface area contributed by atoms with E-state index in [4.69, 9.17) is 21.4 Å². The topological polar surface area (TPSA) is 49.8 Å². The van der Waals surface area contributed by atoms with Gasteiger partial charge >= 0.3 is 5.97 Å². The first-order chi connectivity index (χ1) is 9.45. The van der Waals surface area contributed by atoms with Gasteiger partial charge < -0.3 is 14.7 Å². The predicted octanol–water partition coefficient (Wildman–Crippen LogP) is 3.05. The summed E-state index contributed by atoms with van der Waals surface area (Å²) < 4.78 is 5.72. The second-order valence-electron chi connectivity index (χ2n) is 5.04. The second-order valence-corrected chi connectivity index (χ2v) is 5.47. The molecular weight excluding hydrogens is 278 g/mol. The minimum Gasteiger partial charge on any atom is -0.478 e. The molecule has 2 atom stereocenters. The number of carboxylic acid groups (broad SMARTS) is 1. The van der Waals surface area contributed by atoms with Gasteiger partial charge in [-0.25, -0.2) is 4.79 Å². The average Bonchev–Trinajstić information content (AvgIpc) is 2.35. The molecule has 0 spiro atoms. The average molecular weight is 296 g/mol. The van der Waals surface area contributed by atoms with Crippen molar-refractivity contribution in [3.8, 4) is 0 Å². The summed E-state index contributed by atoms with van der Waals surface area (Å²) in [5.41, 5.74) is 1.79. The van der Waals surface area contributed by atoms with Gasteiger partial charge in [-0.2, -0.15) is 0 Å². The quantitative estimate of drug-likeness (QED) is 0.871. The van der Waals surface area contributed by atoms with Crippen molar-refractivity contribution in [2.45, 2.75) is 26.1 Å². The number of carboxylic acids is 1. The Morgan fingerprint density at radius 1 is 1.40 bits per heavy atom. The van der Waals surface area contributed by atoms with E-state index in [1.54, 1.807) is 12.1 Å². The van der Waals surface area contributed by atoms with Gasteiger partial charge in [-0.05, 0) is 43.7 Å². The molecule has 0 aromatic heterocycles. The Balaban J connectivity index is 2.32. The standard InChI is InChI=1S/C15H18ClNO3/c1-10-8-17(9-11(2)20-10)14-5-4-13(16)7-12(14)3-6-15(18)19/h3-7,10-11H,8-9H2,1-2H3,(H,18,19)/b6-3+/t10-,11+. The molecule has 1 saturated heterocycles. The van der Waals surface area contributed by atoms with E-state index in [0.29, 0.717) is 5.02 Å². The van der Waals surface area contributed by atoms with Gasteiger partial charge in [0.25, 0.3) is 0 Å². The summed E-state index contributed by atoms with van der Waals surface area (Å²) >= 11 is 6.00. The van der Waals surface area contributed by atoms with Gasteiger partial charge in [0.15, 0.2) is 0 Å². The van der Waals surface area contributed by atoms with E-state index in [0.717, 1.165) is 30.4 Å². The predicted molar refractivity (Wildman–Crippen MR) is 80.3 cm³/mol. The van der Waals surface area contributed by atoms with Crippen molar-refractivity contribution in [1.29, 1.82) is 0 Å². The molecule has 4 nitrogen and oxygen atoms in total. The number of halogens is 1. The molecule has 0 saturated carbocycles. The van der Waals surface area contributed by atoms with E-state index >= 15 is 0 Å². The molecule has 0 radical (unpaired) electrons. The molecule has 0 amide bonds. The summed E-state index contributed by atoms with van der Waals surface area (Å²) in [7, 11) is 0. The second kappa shape index (κ2) is 6.29. The Kier molecular flexibility index (Phi) is 4.68. The normalized spacial score (nSPS) is 23.2. The van der Waals surface area contributed by atoms with Crippen LogP contribution in [0.1, 0.15) is 19.4 Å². The molecule has 1 aliphatic heterocycles. The Labute approximate surface area is 123 Å². The van der Waals surface area contributed by atoms with E-state index < -0.39 is 5.97 Å². The molecule has 0 bridgehead atoms. The van der Waals surface area contributed by atoms with Crippen molar-refractivity contribution in [2.75, 3.05) is 18.0 Å².